The SMILES string of the molecule is CCC(CCBr)COc1cccc(C#N)c1. The van der Waals surface area contributed by atoms with Crippen molar-refractivity contribution in [2.45, 2.75) is 19.8 Å². The van der Waals surface area contributed by atoms with Crippen molar-refractivity contribution in [3.63, 3.8) is 0 Å². The number of hydrogen-bond donors (Lipinski definition) is 0. The molecule has 0 aliphatic heterocycles. The van der Waals surface area contributed by atoms with Gasteiger partial charge in [-0.2, -0.15) is 5.26 Å². The molecule has 1 rings (SSSR count). The van der Waals surface area contributed by atoms with Gasteiger partial charge in [0.05, 0.1) is 18.2 Å². The topological polar surface area (TPSA) is 33.0 Å². The van der Waals surface area contributed by atoms with Gasteiger partial charge < -0.3 is 4.74 Å². The number of halogens is 1. The van der Waals surface area contributed by atoms with Crippen LogP contribution in [0.4, 0.5) is 0 Å². The fraction of sp³-hybridized carbons (Fsp3) is 0.462. The lowest BCUT2D eigenvalue weighted by atomic mass is 10.1. The average molecular weight is 282 g/mol. The second-order valence-corrected chi connectivity index (χ2v) is 4.50. The highest BCUT2D eigenvalue weighted by Crippen LogP contribution is 2.16. The number of nitrogens with zero attached hydrogens (tertiary/aromatic N) is 1. The minimum absolute atomic E-state index is 0.574. The summed E-state index contributed by atoms with van der Waals surface area (Å²) in [6, 6.07) is 9.40. The number of alkyl halides is 1. The van der Waals surface area contributed by atoms with Crippen molar-refractivity contribution in [1.82, 2.24) is 0 Å². The Labute approximate surface area is 105 Å². The zero-order chi connectivity index (χ0) is 11.8. The van der Waals surface area contributed by atoms with Gasteiger partial charge in [-0.05, 0) is 30.5 Å². The summed E-state index contributed by atoms with van der Waals surface area (Å²) in [4.78, 5) is 0. The first-order chi connectivity index (χ1) is 7.80. The van der Waals surface area contributed by atoms with E-state index < -0.39 is 0 Å². The lowest BCUT2D eigenvalue weighted by Crippen LogP contribution is -2.11. The smallest absolute Gasteiger partial charge is 0.120 e. The molecule has 0 aliphatic carbocycles. The van der Waals surface area contributed by atoms with Gasteiger partial charge in [-0.15, -0.1) is 0 Å². The summed E-state index contributed by atoms with van der Waals surface area (Å²) in [5.41, 5.74) is 0.644. The maximum atomic E-state index is 8.76. The fourth-order valence-corrected chi connectivity index (χ4v) is 2.08. The lowest BCUT2D eigenvalue weighted by Gasteiger charge is -2.14. The van der Waals surface area contributed by atoms with E-state index in [4.69, 9.17) is 10.00 Å². The minimum atomic E-state index is 0.574. The van der Waals surface area contributed by atoms with E-state index in [9.17, 15) is 0 Å². The molecule has 3 heteroatoms. The Morgan fingerprint density at radius 2 is 2.31 bits per heavy atom. The summed E-state index contributed by atoms with van der Waals surface area (Å²) in [5.74, 6) is 1.36. The molecule has 0 fully saturated rings. The zero-order valence-electron chi connectivity index (χ0n) is 9.45. The third kappa shape index (κ3) is 4.24. The van der Waals surface area contributed by atoms with Gasteiger partial charge in [0.15, 0.2) is 0 Å². The summed E-state index contributed by atoms with van der Waals surface area (Å²) in [7, 11) is 0. The molecule has 0 N–H and O–H groups in total. The van der Waals surface area contributed by atoms with Crippen LogP contribution in [0.2, 0.25) is 0 Å². The first-order valence-corrected chi connectivity index (χ1v) is 6.61. The number of hydrogen-bond acceptors (Lipinski definition) is 2. The Balaban J connectivity index is 2.50. The van der Waals surface area contributed by atoms with Gasteiger partial charge in [0.1, 0.15) is 5.75 Å². The standard InChI is InChI=1S/C13H16BrNO/c1-2-11(6-7-14)10-16-13-5-3-4-12(8-13)9-15/h3-5,8,11H,2,6-7,10H2,1H3. The molecule has 0 bridgehead atoms. The largest absolute Gasteiger partial charge is 0.493 e. The monoisotopic (exact) mass is 281 g/mol. The second-order valence-electron chi connectivity index (χ2n) is 3.70. The van der Waals surface area contributed by atoms with Gasteiger partial charge in [-0.1, -0.05) is 35.3 Å². The Kier molecular flexibility index (Phi) is 5.95. The van der Waals surface area contributed by atoms with Crippen LogP contribution in [0.3, 0.4) is 0 Å². The summed E-state index contributed by atoms with van der Waals surface area (Å²) < 4.78 is 5.68. The Hall–Kier alpha value is -1.01. The van der Waals surface area contributed by atoms with Crippen LogP contribution in [0, 0.1) is 17.2 Å². The van der Waals surface area contributed by atoms with E-state index in [0.29, 0.717) is 11.5 Å². The maximum absolute atomic E-state index is 8.76. The molecule has 0 heterocycles. The van der Waals surface area contributed by atoms with Crippen LogP contribution < -0.4 is 4.74 Å². The van der Waals surface area contributed by atoms with Crippen molar-refractivity contribution in [1.29, 1.82) is 5.26 Å². The molecule has 2 nitrogen and oxygen atoms in total. The summed E-state index contributed by atoms with van der Waals surface area (Å²) in [6.07, 6.45) is 2.23. The maximum Gasteiger partial charge on any atom is 0.120 e. The molecule has 1 unspecified atom stereocenters. The zero-order valence-corrected chi connectivity index (χ0v) is 11.0. The highest BCUT2D eigenvalue weighted by molar-refractivity contribution is 9.09. The van der Waals surface area contributed by atoms with Crippen LogP contribution in [0.15, 0.2) is 24.3 Å². The van der Waals surface area contributed by atoms with Crippen LogP contribution in [-0.2, 0) is 0 Å². The van der Waals surface area contributed by atoms with E-state index in [2.05, 4.69) is 28.9 Å². The van der Waals surface area contributed by atoms with Gasteiger partial charge in [0.2, 0.25) is 0 Å². The molecule has 0 aromatic heterocycles. The summed E-state index contributed by atoms with van der Waals surface area (Å²) in [6.45, 7) is 2.89. The number of nitriles is 1. The predicted molar refractivity (Wildman–Crippen MR) is 68.8 cm³/mol. The molecule has 16 heavy (non-hydrogen) atoms. The van der Waals surface area contributed by atoms with Crippen molar-refractivity contribution in [3.8, 4) is 11.8 Å². The molecule has 0 radical (unpaired) electrons. The van der Waals surface area contributed by atoms with E-state index in [0.717, 1.165) is 30.5 Å². The molecular weight excluding hydrogens is 266 g/mol. The van der Waals surface area contributed by atoms with Gasteiger partial charge >= 0.3 is 0 Å². The summed E-state index contributed by atoms with van der Waals surface area (Å²) >= 11 is 3.44. The van der Waals surface area contributed by atoms with Gasteiger partial charge in [-0.3, -0.25) is 0 Å². The lowest BCUT2D eigenvalue weighted by molar-refractivity contribution is 0.241. The molecule has 0 spiro atoms. The fourth-order valence-electron chi connectivity index (χ4n) is 1.43. The molecule has 0 saturated heterocycles. The first-order valence-electron chi connectivity index (χ1n) is 5.49. The molecule has 1 atom stereocenters. The van der Waals surface area contributed by atoms with Gasteiger partial charge in [0.25, 0.3) is 0 Å². The molecule has 1 aromatic rings. The van der Waals surface area contributed by atoms with Crippen LogP contribution in [0.5, 0.6) is 5.75 Å². The van der Waals surface area contributed by atoms with E-state index in [1.54, 1.807) is 12.1 Å². The molecular formula is C13H16BrNO. The highest BCUT2D eigenvalue weighted by Gasteiger charge is 2.06. The van der Waals surface area contributed by atoms with Crippen molar-refractivity contribution in [3.05, 3.63) is 29.8 Å². The Morgan fingerprint density at radius 3 is 2.94 bits per heavy atom. The second kappa shape index (κ2) is 7.29. The average Bonchev–Trinajstić information content (AvgIpc) is 2.34. The van der Waals surface area contributed by atoms with Crippen LogP contribution in [0.1, 0.15) is 25.3 Å². The Bertz CT molecular complexity index is 359. The number of rotatable bonds is 6. The van der Waals surface area contributed by atoms with Crippen molar-refractivity contribution < 1.29 is 4.74 Å². The molecule has 0 amide bonds. The van der Waals surface area contributed by atoms with Crippen LogP contribution >= 0.6 is 15.9 Å². The Morgan fingerprint density at radius 1 is 1.50 bits per heavy atom. The predicted octanol–water partition coefficient (Wildman–Crippen LogP) is 3.75. The molecule has 86 valence electrons. The molecule has 0 saturated carbocycles. The van der Waals surface area contributed by atoms with Crippen molar-refractivity contribution >= 4 is 15.9 Å². The third-order valence-corrected chi connectivity index (χ3v) is 3.00. The normalized spacial score (nSPS) is 11.8. The van der Waals surface area contributed by atoms with Crippen molar-refractivity contribution in [2.75, 3.05) is 11.9 Å². The summed E-state index contributed by atoms with van der Waals surface area (Å²) in [5, 5.41) is 9.77. The number of ether oxygens (including phenoxy) is 1. The number of benzene rings is 1. The quantitative estimate of drug-likeness (QED) is 0.744. The van der Waals surface area contributed by atoms with E-state index >= 15 is 0 Å². The minimum Gasteiger partial charge on any atom is -0.493 e. The van der Waals surface area contributed by atoms with Crippen molar-refractivity contribution in [2.24, 2.45) is 5.92 Å². The third-order valence-electron chi connectivity index (χ3n) is 2.54. The van der Waals surface area contributed by atoms with Crippen LogP contribution in [-0.4, -0.2) is 11.9 Å². The van der Waals surface area contributed by atoms with E-state index in [1.807, 2.05) is 12.1 Å². The highest BCUT2D eigenvalue weighted by atomic mass is 79.9. The van der Waals surface area contributed by atoms with Gasteiger partial charge in [0, 0.05) is 5.33 Å². The van der Waals surface area contributed by atoms with Crippen LogP contribution in [0.25, 0.3) is 0 Å². The molecule has 1 aromatic carbocycles. The van der Waals surface area contributed by atoms with E-state index in [1.165, 1.54) is 0 Å². The van der Waals surface area contributed by atoms with E-state index in [-0.39, 0.29) is 0 Å². The molecule has 0 aliphatic rings. The first kappa shape index (κ1) is 13.1. The van der Waals surface area contributed by atoms with Gasteiger partial charge in [-0.25, -0.2) is 0 Å².